The molecule has 2 aromatic rings. The summed E-state index contributed by atoms with van der Waals surface area (Å²) in [7, 11) is 0. The van der Waals surface area contributed by atoms with Crippen molar-refractivity contribution in [2.75, 3.05) is 13.2 Å². The van der Waals surface area contributed by atoms with Crippen LogP contribution < -0.4 is 15.2 Å². The molecule has 0 aromatic heterocycles. The van der Waals surface area contributed by atoms with Gasteiger partial charge in [-0.2, -0.15) is 0 Å². The van der Waals surface area contributed by atoms with E-state index >= 15 is 0 Å². The smallest absolute Gasteiger partial charge is 0.122 e. The number of hydrogen-bond acceptors (Lipinski definition) is 3. The minimum atomic E-state index is 0.504. The Kier molecular flexibility index (Phi) is 5.24. The number of benzene rings is 2. The highest BCUT2D eigenvalue weighted by Gasteiger charge is 1.97. The van der Waals surface area contributed by atoms with Crippen molar-refractivity contribution in [3.8, 4) is 11.5 Å². The Morgan fingerprint density at radius 3 is 2.26 bits per heavy atom. The van der Waals surface area contributed by atoms with E-state index in [1.807, 2.05) is 48.5 Å². The lowest BCUT2D eigenvalue weighted by molar-refractivity contribution is 0.217. The van der Waals surface area contributed by atoms with Gasteiger partial charge < -0.3 is 15.2 Å². The molecule has 0 spiro atoms. The van der Waals surface area contributed by atoms with E-state index in [1.165, 1.54) is 0 Å². The Morgan fingerprint density at radius 1 is 0.895 bits per heavy atom. The molecule has 0 atom stereocenters. The maximum Gasteiger partial charge on any atom is 0.122 e. The van der Waals surface area contributed by atoms with Crippen LogP contribution in [0.2, 0.25) is 0 Å². The Balaban J connectivity index is 1.75. The van der Waals surface area contributed by atoms with Gasteiger partial charge in [0.1, 0.15) is 24.7 Å². The molecule has 2 N–H and O–H groups in total. The molecule has 0 radical (unpaired) electrons. The van der Waals surface area contributed by atoms with E-state index in [1.54, 1.807) is 0 Å². The first-order valence-corrected chi connectivity index (χ1v) is 6.87. The molecule has 0 saturated carbocycles. The molecule has 100 valence electrons. The highest BCUT2D eigenvalue weighted by molar-refractivity contribution is 9.10. The molecule has 2 aromatic carbocycles. The molecule has 0 aliphatic heterocycles. The first kappa shape index (κ1) is 13.9. The quantitative estimate of drug-likeness (QED) is 0.830. The van der Waals surface area contributed by atoms with Gasteiger partial charge in [-0.05, 0) is 42.0 Å². The average molecular weight is 322 g/mol. The molecule has 0 amide bonds. The van der Waals surface area contributed by atoms with Gasteiger partial charge in [0.05, 0.1) is 0 Å². The summed E-state index contributed by atoms with van der Waals surface area (Å²) < 4.78 is 12.2. The Bertz CT molecular complexity index is 514. The molecule has 3 nitrogen and oxygen atoms in total. The molecule has 19 heavy (non-hydrogen) atoms. The normalized spacial score (nSPS) is 10.2. The Hall–Kier alpha value is -1.52. The summed E-state index contributed by atoms with van der Waals surface area (Å²) in [5, 5.41) is 0. The lowest BCUT2D eigenvalue weighted by atomic mass is 10.2. The summed E-state index contributed by atoms with van der Waals surface area (Å²) in [4.78, 5) is 0. The van der Waals surface area contributed by atoms with Crippen LogP contribution in [-0.2, 0) is 6.54 Å². The SMILES string of the molecule is NCc1cccc(OCCOc2ccc(Br)cc2)c1. The minimum Gasteiger partial charge on any atom is -0.490 e. The van der Waals surface area contributed by atoms with Crippen LogP contribution in [0.5, 0.6) is 11.5 Å². The monoisotopic (exact) mass is 321 g/mol. The van der Waals surface area contributed by atoms with E-state index in [4.69, 9.17) is 15.2 Å². The van der Waals surface area contributed by atoms with Gasteiger partial charge in [0, 0.05) is 11.0 Å². The standard InChI is InChI=1S/C15H16BrNO2/c16-13-4-6-14(7-5-13)18-8-9-19-15-3-1-2-12(10-15)11-17/h1-7,10H,8-9,11,17H2. The second-order valence-electron chi connectivity index (χ2n) is 4.00. The lowest BCUT2D eigenvalue weighted by Crippen LogP contribution is -2.09. The Morgan fingerprint density at radius 2 is 1.58 bits per heavy atom. The molecule has 0 aliphatic rings. The molecule has 2 rings (SSSR count). The third-order valence-corrected chi connectivity index (χ3v) is 3.10. The number of ether oxygens (including phenoxy) is 2. The van der Waals surface area contributed by atoms with E-state index < -0.39 is 0 Å². The molecular formula is C15H16BrNO2. The van der Waals surface area contributed by atoms with Gasteiger partial charge in [-0.15, -0.1) is 0 Å². The summed E-state index contributed by atoms with van der Waals surface area (Å²) >= 11 is 3.38. The number of rotatable bonds is 6. The van der Waals surface area contributed by atoms with Crippen LogP contribution in [0.15, 0.2) is 53.0 Å². The molecule has 0 heterocycles. The van der Waals surface area contributed by atoms with Gasteiger partial charge >= 0.3 is 0 Å². The summed E-state index contributed by atoms with van der Waals surface area (Å²) in [6.45, 7) is 1.53. The highest BCUT2D eigenvalue weighted by atomic mass is 79.9. The van der Waals surface area contributed by atoms with E-state index in [0.717, 1.165) is 21.5 Å². The predicted octanol–water partition coefficient (Wildman–Crippen LogP) is 3.37. The van der Waals surface area contributed by atoms with E-state index in [0.29, 0.717) is 19.8 Å². The van der Waals surface area contributed by atoms with Gasteiger partial charge in [-0.3, -0.25) is 0 Å². The molecule has 0 bridgehead atoms. The van der Waals surface area contributed by atoms with Gasteiger partial charge in [0.2, 0.25) is 0 Å². The van der Waals surface area contributed by atoms with Crippen molar-refractivity contribution >= 4 is 15.9 Å². The zero-order valence-electron chi connectivity index (χ0n) is 10.5. The van der Waals surface area contributed by atoms with Crippen molar-refractivity contribution in [1.82, 2.24) is 0 Å². The fraction of sp³-hybridized carbons (Fsp3) is 0.200. The molecule has 4 heteroatoms. The van der Waals surface area contributed by atoms with Crippen LogP contribution in [-0.4, -0.2) is 13.2 Å². The van der Waals surface area contributed by atoms with Crippen LogP contribution in [0.25, 0.3) is 0 Å². The van der Waals surface area contributed by atoms with Crippen molar-refractivity contribution in [3.05, 3.63) is 58.6 Å². The zero-order chi connectivity index (χ0) is 13.5. The Labute approximate surface area is 121 Å². The lowest BCUT2D eigenvalue weighted by Gasteiger charge is -2.09. The molecule has 0 unspecified atom stereocenters. The van der Waals surface area contributed by atoms with Crippen molar-refractivity contribution in [2.24, 2.45) is 5.73 Å². The van der Waals surface area contributed by atoms with Crippen LogP contribution in [0, 0.1) is 0 Å². The molecule has 0 saturated heterocycles. The first-order valence-electron chi connectivity index (χ1n) is 6.08. The molecular weight excluding hydrogens is 306 g/mol. The van der Waals surface area contributed by atoms with Crippen molar-refractivity contribution in [3.63, 3.8) is 0 Å². The fourth-order valence-corrected chi connectivity index (χ4v) is 1.88. The number of hydrogen-bond donors (Lipinski definition) is 1. The van der Waals surface area contributed by atoms with Gasteiger partial charge in [-0.1, -0.05) is 28.1 Å². The highest BCUT2D eigenvalue weighted by Crippen LogP contribution is 2.16. The molecule has 0 aliphatic carbocycles. The predicted molar refractivity (Wildman–Crippen MR) is 79.5 cm³/mol. The van der Waals surface area contributed by atoms with Gasteiger partial charge in [0.15, 0.2) is 0 Å². The van der Waals surface area contributed by atoms with Crippen molar-refractivity contribution in [2.45, 2.75) is 6.54 Å². The van der Waals surface area contributed by atoms with Gasteiger partial charge in [-0.25, -0.2) is 0 Å². The second-order valence-corrected chi connectivity index (χ2v) is 4.92. The summed E-state index contributed by atoms with van der Waals surface area (Å²) in [6, 6.07) is 15.5. The maximum absolute atomic E-state index is 5.60. The zero-order valence-corrected chi connectivity index (χ0v) is 12.1. The summed E-state index contributed by atoms with van der Waals surface area (Å²) in [5.41, 5.74) is 6.64. The average Bonchev–Trinajstić information content (AvgIpc) is 2.46. The minimum absolute atomic E-state index is 0.504. The third kappa shape index (κ3) is 4.58. The summed E-state index contributed by atoms with van der Waals surface area (Å²) in [5.74, 6) is 1.66. The van der Waals surface area contributed by atoms with Crippen molar-refractivity contribution < 1.29 is 9.47 Å². The van der Waals surface area contributed by atoms with E-state index in [9.17, 15) is 0 Å². The largest absolute Gasteiger partial charge is 0.490 e. The van der Waals surface area contributed by atoms with Crippen LogP contribution >= 0.6 is 15.9 Å². The number of halogens is 1. The van der Waals surface area contributed by atoms with Gasteiger partial charge in [0.25, 0.3) is 0 Å². The van der Waals surface area contributed by atoms with E-state index in [2.05, 4.69) is 15.9 Å². The molecule has 0 fully saturated rings. The van der Waals surface area contributed by atoms with Crippen molar-refractivity contribution in [1.29, 1.82) is 0 Å². The third-order valence-electron chi connectivity index (χ3n) is 2.57. The maximum atomic E-state index is 5.60. The summed E-state index contributed by atoms with van der Waals surface area (Å²) in [6.07, 6.45) is 0. The van der Waals surface area contributed by atoms with E-state index in [-0.39, 0.29) is 0 Å². The first-order chi connectivity index (χ1) is 9.28. The van der Waals surface area contributed by atoms with Crippen LogP contribution in [0.3, 0.4) is 0 Å². The fourth-order valence-electron chi connectivity index (χ4n) is 1.61. The topological polar surface area (TPSA) is 44.5 Å². The second kappa shape index (κ2) is 7.16. The van der Waals surface area contributed by atoms with Crippen LogP contribution in [0.4, 0.5) is 0 Å². The van der Waals surface area contributed by atoms with Crippen LogP contribution in [0.1, 0.15) is 5.56 Å². The number of nitrogens with two attached hydrogens (primary N) is 1.